The Bertz CT molecular complexity index is 509. The minimum atomic E-state index is -3.03. The average Bonchev–Trinajstić information content (AvgIpc) is 2.86. The zero-order valence-corrected chi connectivity index (χ0v) is 13.7. The highest BCUT2D eigenvalue weighted by atomic mass is 32.2. The van der Waals surface area contributed by atoms with Gasteiger partial charge in [0.15, 0.2) is 9.84 Å². The molecule has 8 heteroatoms. The predicted molar refractivity (Wildman–Crippen MR) is 82.3 cm³/mol. The number of nitrogens with one attached hydrogen (secondary N) is 1. The summed E-state index contributed by atoms with van der Waals surface area (Å²) in [5.41, 5.74) is 1.14. The third-order valence-electron chi connectivity index (χ3n) is 3.98. The Morgan fingerprint density at radius 1 is 1.45 bits per heavy atom. The summed E-state index contributed by atoms with van der Waals surface area (Å²) in [5.74, 6) is 0.182. The lowest BCUT2D eigenvalue weighted by Gasteiger charge is -2.27. The number of urea groups is 1. The smallest absolute Gasteiger partial charge is 0.321 e. The van der Waals surface area contributed by atoms with Crippen molar-refractivity contribution in [2.45, 2.75) is 25.3 Å². The minimum absolute atomic E-state index is 0.0363. The lowest BCUT2D eigenvalue weighted by atomic mass is 10.1. The molecular weight excluding hydrogens is 308 g/mol. The normalized spacial score (nSPS) is 24.0. The van der Waals surface area contributed by atoms with Crippen molar-refractivity contribution in [2.75, 3.05) is 45.0 Å². The van der Waals surface area contributed by atoms with Crippen LogP contribution < -0.4 is 5.32 Å². The van der Waals surface area contributed by atoms with E-state index in [1.807, 2.05) is 0 Å². The van der Waals surface area contributed by atoms with Crippen LogP contribution in [-0.4, -0.2) is 70.4 Å². The summed E-state index contributed by atoms with van der Waals surface area (Å²) in [7, 11) is -1.47. The minimum Gasteiger partial charge on any atom is -0.383 e. The highest BCUT2D eigenvalue weighted by Gasteiger charge is 2.34. The first-order valence-corrected chi connectivity index (χ1v) is 9.36. The van der Waals surface area contributed by atoms with Crippen molar-refractivity contribution >= 4 is 15.9 Å². The van der Waals surface area contributed by atoms with Gasteiger partial charge >= 0.3 is 6.03 Å². The number of amides is 2. The number of rotatable bonds is 5. The molecule has 0 radical (unpaired) electrons. The molecule has 0 aromatic rings. The predicted octanol–water partition coefficient (Wildman–Crippen LogP) is 0.526. The summed E-state index contributed by atoms with van der Waals surface area (Å²) in [4.78, 5) is 14.0. The maximum Gasteiger partial charge on any atom is 0.321 e. The van der Waals surface area contributed by atoms with E-state index in [2.05, 4.69) is 5.32 Å². The van der Waals surface area contributed by atoms with Crippen LogP contribution >= 0.6 is 0 Å². The molecule has 7 nitrogen and oxygen atoms in total. The van der Waals surface area contributed by atoms with Crippen LogP contribution in [0.5, 0.6) is 0 Å². The van der Waals surface area contributed by atoms with Gasteiger partial charge in [-0.3, -0.25) is 0 Å². The molecule has 2 fully saturated rings. The van der Waals surface area contributed by atoms with Gasteiger partial charge < -0.3 is 19.7 Å². The van der Waals surface area contributed by atoms with E-state index >= 15 is 0 Å². The molecule has 2 aliphatic rings. The third kappa shape index (κ3) is 4.96. The number of ether oxygens (including phenoxy) is 2. The van der Waals surface area contributed by atoms with Crippen LogP contribution in [-0.2, 0) is 19.3 Å². The molecule has 1 N–H and O–H groups in total. The molecule has 2 amide bonds. The van der Waals surface area contributed by atoms with Crippen LogP contribution in [0.2, 0.25) is 0 Å². The Kier molecular flexibility index (Phi) is 6.22. The van der Waals surface area contributed by atoms with Crippen LogP contribution in [0.4, 0.5) is 4.79 Å². The fraction of sp³-hybridized carbons (Fsp3) is 0.786. The SMILES string of the molecule is COCCN(C(=O)NC=C1CCOCC1)C1CCS(=O)(=O)C1. The van der Waals surface area contributed by atoms with E-state index in [0.717, 1.165) is 18.4 Å². The molecule has 1 unspecified atom stereocenters. The molecule has 2 aliphatic heterocycles. The van der Waals surface area contributed by atoms with Gasteiger partial charge in [-0.1, -0.05) is 0 Å². The molecule has 0 spiro atoms. The Morgan fingerprint density at radius 2 is 2.18 bits per heavy atom. The Labute approximate surface area is 131 Å². The standard InChI is InChI=1S/C14H24N2O5S/c1-20-8-5-16(13-4-9-22(18,19)11-13)14(17)15-10-12-2-6-21-7-3-12/h10,13H,2-9,11H2,1H3,(H,15,17). The van der Waals surface area contributed by atoms with Gasteiger partial charge in [0.1, 0.15) is 0 Å². The molecule has 0 saturated carbocycles. The van der Waals surface area contributed by atoms with E-state index in [0.29, 0.717) is 32.8 Å². The molecular formula is C14H24N2O5S. The molecule has 22 heavy (non-hydrogen) atoms. The summed E-state index contributed by atoms with van der Waals surface area (Å²) in [6, 6.07) is -0.536. The van der Waals surface area contributed by atoms with Crippen molar-refractivity contribution in [1.29, 1.82) is 0 Å². The van der Waals surface area contributed by atoms with Gasteiger partial charge in [-0.25, -0.2) is 13.2 Å². The third-order valence-corrected chi connectivity index (χ3v) is 5.73. The molecule has 2 saturated heterocycles. The maximum absolute atomic E-state index is 12.4. The quantitative estimate of drug-likeness (QED) is 0.794. The van der Waals surface area contributed by atoms with Crippen molar-refractivity contribution in [3.63, 3.8) is 0 Å². The summed E-state index contributed by atoms with van der Waals surface area (Å²) < 4.78 is 33.6. The van der Waals surface area contributed by atoms with Crippen molar-refractivity contribution in [1.82, 2.24) is 10.2 Å². The molecule has 1 atom stereocenters. The summed E-state index contributed by atoms with van der Waals surface area (Å²) in [6.07, 6.45) is 3.85. The number of hydrogen-bond acceptors (Lipinski definition) is 5. The molecule has 0 aliphatic carbocycles. The zero-order valence-electron chi connectivity index (χ0n) is 12.9. The van der Waals surface area contributed by atoms with Gasteiger partial charge in [0, 0.05) is 25.9 Å². The van der Waals surface area contributed by atoms with Crippen molar-refractivity contribution in [3.05, 3.63) is 11.8 Å². The van der Waals surface area contributed by atoms with Gasteiger partial charge in [-0.2, -0.15) is 0 Å². The van der Waals surface area contributed by atoms with Gasteiger partial charge in [0.2, 0.25) is 0 Å². The first-order chi connectivity index (χ1) is 10.5. The number of sulfone groups is 1. The Morgan fingerprint density at radius 3 is 2.77 bits per heavy atom. The van der Waals surface area contributed by atoms with E-state index < -0.39 is 9.84 Å². The first kappa shape index (κ1) is 17.2. The van der Waals surface area contributed by atoms with Gasteiger partial charge in [-0.05, 0) is 24.8 Å². The number of carbonyl (C=O) groups is 1. The number of carbonyl (C=O) groups excluding carboxylic acids is 1. The second-order valence-corrected chi connectivity index (χ2v) is 7.84. The van der Waals surface area contributed by atoms with Crippen LogP contribution in [0.3, 0.4) is 0 Å². The lowest BCUT2D eigenvalue weighted by molar-refractivity contribution is 0.118. The van der Waals surface area contributed by atoms with Gasteiger partial charge in [0.05, 0.1) is 31.3 Å². The molecule has 126 valence electrons. The van der Waals surface area contributed by atoms with Gasteiger partial charge in [0.25, 0.3) is 0 Å². The van der Waals surface area contributed by atoms with Crippen LogP contribution in [0.15, 0.2) is 11.8 Å². The fourth-order valence-corrected chi connectivity index (χ4v) is 4.42. The molecule has 2 heterocycles. The monoisotopic (exact) mass is 332 g/mol. The van der Waals surface area contributed by atoms with Crippen molar-refractivity contribution in [2.24, 2.45) is 0 Å². The molecule has 0 aromatic carbocycles. The second-order valence-electron chi connectivity index (χ2n) is 5.61. The topological polar surface area (TPSA) is 84.9 Å². The van der Waals surface area contributed by atoms with Crippen molar-refractivity contribution < 1.29 is 22.7 Å². The van der Waals surface area contributed by atoms with Crippen molar-refractivity contribution in [3.8, 4) is 0 Å². The largest absolute Gasteiger partial charge is 0.383 e. The zero-order chi connectivity index (χ0) is 16.0. The highest BCUT2D eigenvalue weighted by molar-refractivity contribution is 7.91. The second kappa shape index (κ2) is 7.94. The molecule has 0 bridgehead atoms. The number of nitrogens with zero attached hydrogens (tertiary/aromatic N) is 1. The Balaban J connectivity index is 1.96. The molecule has 0 aromatic heterocycles. The van der Waals surface area contributed by atoms with E-state index in [1.165, 1.54) is 0 Å². The first-order valence-electron chi connectivity index (χ1n) is 7.54. The van der Waals surface area contributed by atoms with Crippen LogP contribution in [0.1, 0.15) is 19.3 Å². The van der Waals surface area contributed by atoms with Crippen LogP contribution in [0.25, 0.3) is 0 Å². The average molecular weight is 332 g/mol. The Hall–Kier alpha value is -1.12. The van der Waals surface area contributed by atoms with Gasteiger partial charge in [-0.15, -0.1) is 0 Å². The van der Waals surface area contributed by atoms with Crippen LogP contribution in [0, 0.1) is 0 Å². The summed E-state index contributed by atoms with van der Waals surface area (Å²) >= 11 is 0. The number of hydrogen-bond donors (Lipinski definition) is 1. The van der Waals surface area contributed by atoms with E-state index in [9.17, 15) is 13.2 Å². The molecule has 2 rings (SSSR count). The highest BCUT2D eigenvalue weighted by Crippen LogP contribution is 2.18. The lowest BCUT2D eigenvalue weighted by Crippen LogP contribution is -2.47. The number of methoxy groups -OCH3 is 1. The fourth-order valence-electron chi connectivity index (χ4n) is 2.69. The van der Waals surface area contributed by atoms with E-state index in [4.69, 9.17) is 9.47 Å². The van der Waals surface area contributed by atoms with E-state index in [-0.39, 0.29) is 23.6 Å². The van der Waals surface area contributed by atoms with E-state index in [1.54, 1.807) is 18.2 Å². The maximum atomic E-state index is 12.4. The summed E-state index contributed by atoms with van der Waals surface area (Å²) in [6.45, 7) is 2.12. The summed E-state index contributed by atoms with van der Waals surface area (Å²) in [5, 5.41) is 2.78.